The van der Waals surface area contributed by atoms with Crippen LogP contribution in [0, 0.1) is 0 Å². The zero-order valence-electron chi connectivity index (χ0n) is 17.3. The van der Waals surface area contributed by atoms with E-state index in [9.17, 15) is 41.1 Å². The summed E-state index contributed by atoms with van der Waals surface area (Å²) >= 11 is 0. The van der Waals surface area contributed by atoms with Crippen molar-refractivity contribution in [3.05, 3.63) is 35.4 Å². The predicted octanol–water partition coefficient (Wildman–Crippen LogP) is 1.03. The van der Waals surface area contributed by atoms with E-state index in [0.29, 0.717) is 18.4 Å². The minimum absolute atomic E-state index is 0.441. The maximum absolute atomic E-state index is 13.0. The fourth-order valence-corrected chi connectivity index (χ4v) is 4.10. The predicted molar refractivity (Wildman–Crippen MR) is 99.2 cm³/mol. The molecule has 0 amide bonds. The minimum Gasteiger partial charge on any atom is -0.448 e. The summed E-state index contributed by atoms with van der Waals surface area (Å²) in [4.78, 5) is 32.1. The summed E-state index contributed by atoms with van der Waals surface area (Å²) in [7, 11) is -3.69. The molecule has 0 bridgehead atoms. The maximum Gasteiger partial charge on any atom is 0.508 e. The van der Waals surface area contributed by atoms with Crippen molar-refractivity contribution in [3.63, 3.8) is 0 Å². The van der Waals surface area contributed by atoms with Crippen molar-refractivity contribution in [1.29, 1.82) is 0 Å². The molecule has 1 fully saturated rings. The van der Waals surface area contributed by atoms with E-state index in [2.05, 4.69) is 9.47 Å². The number of rotatable bonds is 6. The molecule has 1 aliphatic heterocycles. The Labute approximate surface area is 185 Å². The summed E-state index contributed by atoms with van der Waals surface area (Å²) < 4.78 is 87.5. The van der Waals surface area contributed by atoms with Crippen LogP contribution in [-0.2, 0) is 44.5 Å². The Morgan fingerprint density at radius 1 is 1.21 bits per heavy atom. The maximum atomic E-state index is 13.0. The van der Waals surface area contributed by atoms with Gasteiger partial charge in [-0.1, -0.05) is 6.07 Å². The molecule has 0 aliphatic carbocycles. The summed E-state index contributed by atoms with van der Waals surface area (Å²) in [5.41, 5.74) is -1.84. The van der Waals surface area contributed by atoms with Gasteiger partial charge in [-0.2, -0.15) is 13.2 Å². The standard InChI is InChI=1S/C18H19F3O11S/c1-9(22)30-15-13(32-14(23)10-5-4-6-11(7-10)18(19,20)21)17(25,33(3,26)27)12(31-15)8-29-16(24)28-2/h4-7,12-13,15,25H,8H2,1-3H3/t12-,13+,15+,17-/m1/s1. The van der Waals surface area contributed by atoms with Gasteiger partial charge in [-0.3, -0.25) is 4.79 Å². The topological polar surface area (TPSA) is 152 Å². The zero-order valence-corrected chi connectivity index (χ0v) is 18.1. The van der Waals surface area contributed by atoms with E-state index >= 15 is 0 Å². The lowest BCUT2D eigenvalue weighted by molar-refractivity contribution is -0.188. The van der Waals surface area contributed by atoms with Gasteiger partial charge in [0, 0.05) is 13.2 Å². The summed E-state index contributed by atoms with van der Waals surface area (Å²) in [5.74, 6) is -2.52. The largest absolute Gasteiger partial charge is 0.508 e. The Morgan fingerprint density at radius 3 is 2.36 bits per heavy atom. The number of carbonyl (C=O) groups excluding carboxylic acids is 3. The molecule has 15 heteroatoms. The SMILES string of the molecule is COC(=O)OC[C@H]1O[C@H](OC(C)=O)[C@H](OC(=O)c2cccc(C(F)(F)F)c2)[C@]1(O)S(C)(=O)=O. The molecule has 1 heterocycles. The van der Waals surface area contributed by atoms with E-state index in [-0.39, 0.29) is 0 Å². The van der Waals surface area contributed by atoms with Crippen LogP contribution >= 0.6 is 0 Å². The molecule has 0 spiro atoms. The Balaban J connectivity index is 2.45. The monoisotopic (exact) mass is 500 g/mol. The lowest BCUT2D eigenvalue weighted by Gasteiger charge is -2.30. The molecule has 1 saturated heterocycles. The van der Waals surface area contributed by atoms with Crippen molar-refractivity contribution in [2.45, 2.75) is 36.5 Å². The van der Waals surface area contributed by atoms with Gasteiger partial charge >= 0.3 is 24.3 Å². The van der Waals surface area contributed by atoms with Crippen LogP contribution in [0.1, 0.15) is 22.8 Å². The smallest absolute Gasteiger partial charge is 0.448 e. The first-order valence-corrected chi connectivity index (χ1v) is 10.8. The van der Waals surface area contributed by atoms with Crippen molar-refractivity contribution >= 4 is 27.9 Å². The number of alkyl halides is 3. The molecule has 2 rings (SSSR count). The molecule has 184 valence electrons. The second-order valence-corrected chi connectivity index (χ2v) is 8.99. The van der Waals surface area contributed by atoms with Gasteiger partial charge in [0.25, 0.3) is 0 Å². The van der Waals surface area contributed by atoms with Crippen molar-refractivity contribution in [1.82, 2.24) is 0 Å². The first-order chi connectivity index (χ1) is 15.1. The molecule has 1 aromatic rings. The van der Waals surface area contributed by atoms with Crippen molar-refractivity contribution in [2.75, 3.05) is 20.0 Å². The highest BCUT2D eigenvalue weighted by Crippen LogP contribution is 2.39. The highest BCUT2D eigenvalue weighted by molar-refractivity contribution is 7.92. The van der Waals surface area contributed by atoms with Gasteiger partial charge < -0.3 is 28.8 Å². The lowest BCUT2D eigenvalue weighted by Crippen LogP contribution is -2.57. The second kappa shape index (κ2) is 9.52. The van der Waals surface area contributed by atoms with E-state index in [0.717, 1.165) is 26.2 Å². The summed E-state index contributed by atoms with van der Waals surface area (Å²) in [6.45, 7) is -0.0432. The fourth-order valence-electron chi connectivity index (χ4n) is 2.92. The van der Waals surface area contributed by atoms with Crippen LogP contribution in [0.4, 0.5) is 18.0 Å². The van der Waals surface area contributed by atoms with Crippen molar-refractivity contribution in [2.24, 2.45) is 0 Å². The molecule has 1 aromatic carbocycles. The van der Waals surface area contributed by atoms with Crippen LogP contribution in [-0.4, -0.2) is 75.0 Å². The molecule has 0 radical (unpaired) electrons. The molecule has 0 saturated carbocycles. The van der Waals surface area contributed by atoms with E-state index in [1.165, 1.54) is 0 Å². The Bertz CT molecular complexity index is 1020. The van der Waals surface area contributed by atoms with Gasteiger partial charge in [-0.05, 0) is 18.2 Å². The number of methoxy groups -OCH3 is 1. The number of benzene rings is 1. The highest BCUT2D eigenvalue weighted by Gasteiger charge is 2.66. The van der Waals surface area contributed by atoms with Crippen LogP contribution in [0.3, 0.4) is 0 Å². The third kappa shape index (κ3) is 5.72. The number of halogens is 3. The zero-order chi connectivity index (χ0) is 25.2. The van der Waals surface area contributed by atoms with E-state index in [1.807, 2.05) is 0 Å². The van der Waals surface area contributed by atoms with E-state index in [4.69, 9.17) is 14.2 Å². The van der Waals surface area contributed by atoms with Gasteiger partial charge in [-0.15, -0.1) is 0 Å². The third-order valence-corrected chi connectivity index (χ3v) is 6.15. The van der Waals surface area contributed by atoms with E-state index < -0.39 is 75.3 Å². The first-order valence-electron chi connectivity index (χ1n) is 8.95. The van der Waals surface area contributed by atoms with Gasteiger partial charge in [0.05, 0.1) is 18.2 Å². The van der Waals surface area contributed by atoms with Crippen LogP contribution in [0.5, 0.6) is 0 Å². The molecule has 11 nitrogen and oxygen atoms in total. The quantitative estimate of drug-likeness (QED) is 0.440. The highest BCUT2D eigenvalue weighted by atomic mass is 32.2. The Kier molecular flexibility index (Phi) is 7.60. The summed E-state index contributed by atoms with van der Waals surface area (Å²) in [6, 6.07) is 2.98. The second-order valence-electron chi connectivity index (χ2n) is 6.80. The van der Waals surface area contributed by atoms with Crippen LogP contribution < -0.4 is 0 Å². The Hall–Kier alpha value is -2.91. The van der Waals surface area contributed by atoms with Crippen molar-refractivity contribution in [3.8, 4) is 0 Å². The van der Waals surface area contributed by atoms with Crippen LogP contribution in [0.2, 0.25) is 0 Å². The molecular weight excluding hydrogens is 481 g/mol. The number of hydrogen-bond donors (Lipinski definition) is 1. The average molecular weight is 500 g/mol. The summed E-state index contributed by atoms with van der Waals surface area (Å²) in [5, 5.41) is 11.0. The molecule has 1 aliphatic rings. The number of hydrogen-bond acceptors (Lipinski definition) is 11. The Morgan fingerprint density at radius 2 is 1.85 bits per heavy atom. The molecular formula is C18H19F3O11S. The average Bonchev–Trinajstić information content (AvgIpc) is 2.97. The molecule has 1 N–H and O–H groups in total. The van der Waals surface area contributed by atoms with Gasteiger partial charge in [0.15, 0.2) is 9.84 Å². The lowest BCUT2D eigenvalue weighted by atomic mass is 10.1. The van der Waals surface area contributed by atoms with Gasteiger partial charge in [-0.25, -0.2) is 18.0 Å². The van der Waals surface area contributed by atoms with Crippen LogP contribution in [0.15, 0.2) is 24.3 Å². The molecule has 4 atom stereocenters. The van der Waals surface area contributed by atoms with Gasteiger partial charge in [0.2, 0.25) is 17.3 Å². The molecule has 0 aromatic heterocycles. The van der Waals surface area contributed by atoms with Gasteiger partial charge in [0.1, 0.15) is 12.7 Å². The van der Waals surface area contributed by atoms with Crippen molar-refractivity contribution < 1.29 is 64.8 Å². The summed E-state index contributed by atoms with van der Waals surface area (Å²) in [6.07, 6.45) is -11.7. The number of aliphatic hydroxyl groups is 1. The number of ether oxygens (including phenoxy) is 5. The fraction of sp³-hybridized carbons (Fsp3) is 0.500. The van der Waals surface area contributed by atoms with Crippen LogP contribution in [0.25, 0.3) is 0 Å². The van der Waals surface area contributed by atoms with E-state index in [1.54, 1.807) is 0 Å². The molecule has 33 heavy (non-hydrogen) atoms. The number of sulfone groups is 1. The normalized spacial score (nSPS) is 25.2. The third-order valence-electron chi connectivity index (χ3n) is 4.47. The number of carbonyl (C=O) groups is 3. The number of esters is 2. The molecule has 0 unspecified atom stereocenters. The first kappa shape index (κ1) is 26.3. The minimum atomic E-state index is -4.79.